The monoisotopic (exact) mass is 496 g/mol. The molecule has 2 heterocycles. The maximum atomic E-state index is 13.4. The molecule has 8 heteroatoms. The Hall–Kier alpha value is -3.96. The first-order valence-corrected chi connectivity index (χ1v) is 12.7. The summed E-state index contributed by atoms with van der Waals surface area (Å²) in [5.41, 5.74) is 7.13. The number of thioether (sulfide) groups is 1. The van der Waals surface area contributed by atoms with Crippen molar-refractivity contribution >= 4 is 23.4 Å². The lowest BCUT2D eigenvalue weighted by atomic mass is 10.1. The second kappa shape index (κ2) is 11.2. The van der Waals surface area contributed by atoms with Crippen LogP contribution < -0.4 is 4.90 Å². The van der Waals surface area contributed by atoms with Crippen molar-refractivity contribution < 1.29 is 4.79 Å². The van der Waals surface area contributed by atoms with Crippen LogP contribution in [-0.2, 0) is 4.79 Å². The molecular formula is C28H28N6OS. The number of hydrogen-bond acceptors (Lipinski definition) is 6. The standard InChI is InChI=1S/C28H28N6OS/c1-19-14-20(2)16-25(15-19)33(13-5-10-29)26(35)18-36-28-32-31-27(23-8-11-30-12-9-23)34(28)24-7-6-21(3)22(4)17-24/h6-9,11-12,14-17H,5,13,18H2,1-4H3. The Balaban J connectivity index is 1.66. The zero-order valence-corrected chi connectivity index (χ0v) is 21.7. The van der Waals surface area contributed by atoms with Crippen LogP contribution in [0.5, 0.6) is 0 Å². The van der Waals surface area contributed by atoms with Crippen LogP contribution in [0.2, 0.25) is 0 Å². The van der Waals surface area contributed by atoms with Crippen LogP contribution in [0.1, 0.15) is 28.7 Å². The van der Waals surface area contributed by atoms with Gasteiger partial charge in [-0.3, -0.25) is 14.3 Å². The van der Waals surface area contributed by atoms with Crippen LogP contribution in [0, 0.1) is 39.0 Å². The quantitative estimate of drug-likeness (QED) is 0.295. The van der Waals surface area contributed by atoms with Crippen molar-refractivity contribution in [2.24, 2.45) is 0 Å². The van der Waals surface area contributed by atoms with Gasteiger partial charge in [0.25, 0.3) is 0 Å². The van der Waals surface area contributed by atoms with Gasteiger partial charge < -0.3 is 4.90 Å². The fourth-order valence-electron chi connectivity index (χ4n) is 4.02. The van der Waals surface area contributed by atoms with E-state index in [9.17, 15) is 4.79 Å². The van der Waals surface area contributed by atoms with Gasteiger partial charge in [0, 0.05) is 30.2 Å². The summed E-state index contributed by atoms with van der Waals surface area (Å²) in [6.45, 7) is 8.50. The molecule has 0 aliphatic carbocycles. The third kappa shape index (κ3) is 5.64. The Kier molecular flexibility index (Phi) is 7.81. The normalized spacial score (nSPS) is 10.8. The number of carbonyl (C=O) groups excluding carboxylic acids is 1. The third-order valence-corrected chi connectivity index (χ3v) is 6.83. The van der Waals surface area contributed by atoms with E-state index in [0.717, 1.165) is 33.6 Å². The second-order valence-corrected chi connectivity index (χ2v) is 9.68. The molecule has 182 valence electrons. The predicted molar refractivity (Wildman–Crippen MR) is 143 cm³/mol. The van der Waals surface area contributed by atoms with Gasteiger partial charge >= 0.3 is 0 Å². The van der Waals surface area contributed by atoms with Crippen molar-refractivity contribution in [2.45, 2.75) is 39.3 Å². The molecule has 0 N–H and O–H groups in total. The Labute approximate surface area is 215 Å². The minimum Gasteiger partial charge on any atom is -0.311 e. The van der Waals surface area contributed by atoms with E-state index in [-0.39, 0.29) is 18.1 Å². The highest BCUT2D eigenvalue weighted by atomic mass is 32.2. The van der Waals surface area contributed by atoms with E-state index in [1.165, 1.54) is 17.3 Å². The molecule has 0 bridgehead atoms. The highest BCUT2D eigenvalue weighted by Crippen LogP contribution is 2.29. The first-order chi connectivity index (χ1) is 17.4. The zero-order chi connectivity index (χ0) is 25.7. The lowest BCUT2D eigenvalue weighted by Crippen LogP contribution is -2.33. The molecule has 2 aromatic carbocycles. The van der Waals surface area contributed by atoms with Gasteiger partial charge in [0.05, 0.1) is 23.9 Å². The van der Waals surface area contributed by atoms with Gasteiger partial charge in [-0.15, -0.1) is 10.2 Å². The molecule has 0 saturated heterocycles. The van der Waals surface area contributed by atoms with E-state index >= 15 is 0 Å². The van der Waals surface area contributed by atoms with Crippen molar-refractivity contribution in [3.63, 3.8) is 0 Å². The molecular weight excluding hydrogens is 468 g/mol. The third-order valence-electron chi connectivity index (χ3n) is 5.91. The van der Waals surface area contributed by atoms with Gasteiger partial charge in [0.1, 0.15) is 0 Å². The maximum absolute atomic E-state index is 13.4. The molecule has 7 nitrogen and oxygen atoms in total. The minimum atomic E-state index is -0.0830. The molecule has 0 spiro atoms. The van der Waals surface area contributed by atoms with Crippen molar-refractivity contribution in [3.05, 3.63) is 83.2 Å². The van der Waals surface area contributed by atoms with Gasteiger partial charge in [0.15, 0.2) is 11.0 Å². The van der Waals surface area contributed by atoms with Gasteiger partial charge in [-0.2, -0.15) is 5.26 Å². The number of carbonyl (C=O) groups is 1. The van der Waals surface area contributed by atoms with E-state index in [1.54, 1.807) is 17.3 Å². The SMILES string of the molecule is Cc1cc(C)cc(N(CCC#N)C(=O)CSc2nnc(-c3ccncc3)n2-c2ccc(C)c(C)c2)c1. The van der Waals surface area contributed by atoms with Gasteiger partial charge in [-0.05, 0) is 86.3 Å². The van der Waals surface area contributed by atoms with Crippen molar-refractivity contribution in [3.8, 4) is 23.1 Å². The molecule has 0 fully saturated rings. The van der Waals surface area contributed by atoms with E-state index in [2.05, 4.69) is 53.3 Å². The molecule has 0 saturated carbocycles. The first kappa shape index (κ1) is 25.1. The van der Waals surface area contributed by atoms with Crippen molar-refractivity contribution in [2.75, 3.05) is 17.2 Å². The largest absolute Gasteiger partial charge is 0.311 e. The zero-order valence-electron chi connectivity index (χ0n) is 20.9. The fourth-order valence-corrected chi connectivity index (χ4v) is 4.85. The Morgan fingerprint density at radius 3 is 2.36 bits per heavy atom. The molecule has 2 aromatic heterocycles. The van der Waals surface area contributed by atoms with Crippen molar-refractivity contribution in [1.29, 1.82) is 5.26 Å². The number of amides is 1. The highest BCUT2D eigenvalue weighted by Gasteiger charge is 2.21. The van der Waals surface area contributed by atoms with Crippen LogP contribution in [0.25, 0.3) is 17.1 Å². The number of benzene rings is 2. The van der Waals surface area contributed by atoms with Crippen LogP contribution in [0.4, 0.5) is 5.69 Å². The predicted octanol–water partition coefficient (Wildman–Crippen LogP) is 5.60. The summed E-state index contributed by atoms with van der Waals surface area (Å²) >= 11 is 1.34. The number of rotatable bonds is 8. The molecule has 0 aliphatic heterocycles. The van der Waals surface area contributed by atoms with Gasteiger partial charge in [-0.1, -0.05) is 23.9 Å². The molecule has 0 atom stereocenters. The Morgan fingerprint density at radius 1 is 0.972 bits per heavy atom. The number of nitriles is 1. The summed E-state index contributed by atoms with van der Waals surface area (Å²) in [5, 5.41) is 18.7. The molecule has 0 unspecified atom stereocenters. The Morgan fingerprint density at radius 2 is 1.69 bits per heavy atom. The smallest absolute Gasteiger partial charge is 0.237 e. The lowest BCUT2D eigenvalue weighted by Gasteiger charge is -2.22. The summed E-state index contributed by atoms with van der Waals surface area (Å²) in [6.07, 6.45) is 3.71. The lowest BCUT2D eigenvalue weighted by molar-refractivity contribution is -0.116. The molecule has 0 radical (unpaired) electrons. The van der Waals surface area contributed by atoms with Crippen LogP contribution in [-0.4, -0.2) is 38.0 Å². The number of aromatic nitrogens is 4. The van der Waals surface area contributed by atoms with E-state index in [4.69, 9.17) is 5.26 Å². The van der Waals surface area contributed by atoms with E-state index in [0.29, 0.717) is 17.5 Å². The molecule has 4 rings (SSSR count). The number of aryl methyl sites for hydroxylation is 4. The number of pyridine rings is 1. The molecule has 36 heavy (non-hydrogen) atoms. The summed E-state index contributed by atoms with van der Waals surface area (Å²) in [5.74, 6) is 0.768. The van der Waals surface area contributed by atoms with E-state index < -0.39 is 0 Å². The van der Waals surface area contributed by atoms with E-state index in [1.807, 2.05) is 48.7 Å². The van der Waals surface area contributed by atoms with Gasteiger partial charge in [0.2, 0.25) is 5.91 Å². The van der Waals surface area contributed by atoms with Crippen LogP contribution in [0.3, 0.4) is 0 Å². The fraction of sp³-hybridized carbons (Fsp3) is 0.250. The average Bonchev–Trinajstić information content (AvgIpc) is 3.28. The number of nitrogens with zero attached hydrogens (tertiary/aromatic N) is 6. The number of hydrogen-bond donors (Lipinski definition) is 0. The molecule has 4 aromatic rings. The Bertz CT molecular complexity index is 1400. The van der Waals surface area contributed by atoms with Gasteiger partial charge in [-0.25, -0.2) is 0 Å². The maximum Gasteiger partial charge on any atom is 0.237 e. The van der Waals surface area contributed by atoms with Crippen LogP contribution in [0.15, 0.2) is 66.1 Å². The second-order valence-electron chi connectivity index (χ2n) is 8.73. The molecule has 0 aliphatic rings. The summed E-state index contributed by atoms with van der Waals surface area (Å²) in [7, 11) is 0. The topological polar surface area (TPSA) is 87.7 Å². The molecule has 1 amide bonds. The van der Waals surface area contributed by atoms with Crippen LogP contribution >= 0.6 is 11.8 Å². The number of anilines is 1. The summed E-state index contributed by atoms with van der Waals surface area (Å²) in [4.78, 5) is 19.2. The summed E-state index contributed by atoms with van der Waals surface area (Å²) in [6, 6.07) is 18.2. The highest BCUT2D eigenvalue weighted by molar-refractivity contribution is 7.99. The average molecular weight is 497 g/mol. The summed E-state index contributed by atoms with van der Waals surface area (Å²) < 4.78 is 1.98. The minimum absolute atomic E-state index is 0.0830. The first-order valence-electron chi connectivity index (χ1n) is 11.7. The van der Waals surface area contributed by atoms with Crippen molar-refractivity contribution in [1.82, 2.24) is 19.7 Å².